The third-order valence-corrected chi connectivity index (χ3v) is 12.8. The second-order valence-electron chi connectivity index (χ2n) is 15.2. The molecule has 5 aliphatic rings. The van der Waals surface area contributed by atoms with Crippen molar-refractivity contribution in [3.8, 4) is 0 Å². The minimum atomic E-state index is -0.245. The monoisotopic (exact) mass is 440 g/mol. The summed E-state index contributed by atoms with van der Waals surface area (Å²) in [6.45, 7) is 19.4. The van der Waals surface area contributed by atoms with Gasteiger partial charge in [-0.25, -0.2) is 0 Å². The van der Waals surface area contributed by atoms with Crippen LogP contribution in [0.2, 0.25) is 0 Å². The van der Waals surface area contributed by atoms with Gasteiger partial charge in [0.2, 0.25) is 0 Å². The summed E-state index contributed by atoms with van der Waals surface area (Å²) in [6, 6.07) is 0. The van der Waals surface area contributed by atoms with Gasteiger partial charge in [-0.1, -0.05) is 61.0 Å². The van der Waals surface area contributed by atoms with E-state index >= 15 is 0 Å². The van der Waals surface area contributed by atoms with Crippen LogP contribution >= 0.6 is 0 Å². The first-order valence-electron chi connectivity index (χ1n) is 13.5. The van der Waals surface area contributed by atoms with E-state index in [0.717, 1.165) is 25.7 Å². The normalized spacial score (nSPS) is 53.9. The number of aliphatic hydroxyl groups is 1. The van der Waals surface area contributed by atoms with Gasteiger partial charge in [0.15, 0.2) is 5.78 Å². The molecule has 5 rings (SSSR count). The van der Waals surface area contributed by atoms with Crippen molar-refractivity contribution in [3.05, 3.63) is 11.6 Å². The Hall–Kier alpha value is -0.630. The van der Waals surface area contributed by atoms with E-state index in [-0.39, 0.29) is 33.7 Å². The molecule has 0 aromatic carbocycles. The number of allylic oxidation sites excluding steroid dienone is 2. The van der Waals surface area contributed by atoms with E-state index < -0.39 is 0 Å². The summed E-state index contributed by atoms with van der Waals surface area (Å²) >= 11 is 0. The minimum Gasteiger partial charge on any atom is -0.393 e. The highest BCUT2D eigenvalue weighted by molar-refractivity contribution is 5.95. The van der Waals surface area contributed by atoms with Crippen LogP contribution in [0.4, 0.5) is 0 Å². The van der Waals surface area contributed by atoms with Crippen molar-refractivity contribution >= 4 is 5.78 Å². The van der Waals surface area contributed by atoms with Gasteiger partial charge in [0.1, 0.15) is 0 Å². The van der Waals surface area contributed by atoms with E-state index in [4.69, 9.17) is 0 Å². The maximum Gasteiger partial charge on any atom is 0.159 e. The van der Waals surface area contributed by atoms with E-state index in [2.05, 4.69) is 61.5 Å². The van der Waals surface area contributed by atoms with Gasteiger partial charge in [-0.05, 0) is 108 Å². The number of carbonyl (C=O) groups excluding carboxylic acids is 1. The van der Waals surface area contributed by atoms with Crippen molar-refractivity contribution < 1.29 is 9.90 Å². The van der Waals surface area contributed by atoms with Gasteiger partial charge in [0.05, 0.1) is 6.10 Å². The van der Waals surface area contributed by atoms with Crippen molar-refractivity contribution in [2.24, 2.45) is 50.2 Å². The van der Waals surface area contributed by atoms with Gasteiger partial charge in [-0.3, -0.25) is 4.79 Å². The van der Waals surface area contributed by atoms with Gasteiger partial charge >= 0.3 is 0 Å². The van der Waals surface area contributed by atoms with Crippen molar-refractivity contribution in [1.29, 1.82) is 0 Å². The summed E-state index contributed by atoms with van der Waals surface area (Å²) in [6.07, 6.45) is 12.4. The van der Waals surface area contributed by atoms with Gasteiger partial charge in [-0.15, -0.1) is 0 Å². The lowest BCUT2D eigenvalue weighted by molar-refractivity contribution is -0.202. The zero-order valence-electron chi connectivity index (χ0n) is 22.1. The average Bonchev–Trinajstić information content (AvgIpc) is 2.68. The molecule has 0 aromatic rings. The fraction of sp³-hybridized carbons (Fsp3) is 0.900. The molecule has 2 nitrogen and oxygen atoms in total. The smallest absolute Gasteiger partial charge is 0.159 e. The van der Waals surface area contributed by atoms with Crippen LogP contribution in [0.25, 0.3) is 0 Å². The fourth-order valence-electron chi connectivity index (χ4n) is 10.3. The molecule has 5 aliphatic carbocycles. The van der Waals surface area contributed by atoms with E-state index in [0.29, 0.717) is 28.4 Å². The first-order chi connectivity index (χ1) is 14.6. The van der Waals surface area contributed by atoms with Crippen LogP contribution in [0.15, 0.2) is 11.6 Å². The second kappa shape index (κ2) is 6.52. The highest BCUT2D eigenvalue weighted by Crippen LogP contribution is 2.75. The minimum absolute atomic E-state index is 0.00948. The molecule has 2 heteroatoms. The average molecular weight is 441 g/mol. The lowest BCUT2D eigenvalue weighted by Gasteiger charge is -2.70. The SMILES string of the molecule is CC1(C)CC[C@]2(C)CC[C@]3(C)C(=CC(=O)[C@H]4C3(C)CC[C@H]3C(C)(C)[C@@H](O)CC[C@@]34C)[C@@H]2C1. The van der Waals surface area contributed by atoms with Crippen molar-refractivity contribution in [2.75, 3.05) is 0 Å². The van der Waals surface area contributed by atoms with Gasteiger partial charge < -0.3 is 5.11 Å². The molecule has 8 atom stereocenters. The second-order valence-corrected chi connectivity index (χ2v) is 15.2. The Morgan fingerprint density at radius 2 is 1.50 bits per heavy atom. The molecule has 32 heavy (non-hydrogen) atoms. The molecule has 0 saturated heterocycles. The van der Waals surface area contributed by atoms with Crippen LogP contribution in [0.5, 0.6) is 0 Å². The highest BCUT2D eigenvalue weighted by Gasteiger charge is 2.69. The van der Waals surface area contributed by atoms with Gasteiger partial charge in [0, 0.05) is 5.92 Å². The van der Waals surface area contributed by atoms with E-state index in [1.807, 2.05) is 0 Å². The molecule has 4 fully saturated rings. The van der Waals surface area contributed by atoms with Crippen molar-refractivity contribution in [1.82, 2.24) is 0 Å². The summed E-state index contributed by atoms with van der Waals surface area (Å²) in [5.41, 5.74) is 2.29. The van der Waals surface area contributed by atoms with Crippen molar-refractivity contribution in [2.45, 2.75) is 119 Å². The van der Waals surface area contributed by atoms with Crippen LogP contribution in [-0.2, 0) is 4.79 Å². The molecule has 4 saturated carbocycles. The van der Waals surface area contributed by atoms with Gasteiger partial charge in [0.25, 0.3) is 0 Å². The Kier molecular flexibility index (Phi) is 4.71. The molecule has 0 aliphatic heterocycles. The summed E-state index contributed by atoms with van der Waals surface area (Å²) in [4.78, 5) is 14.2. The molecule has 180 valence electrons. The zero-order valence-corrected chi connectivity index (χ0v) is 22.1. The third-order valence-electron chi connectivity index (χ3n) is 12.8. The lowest BCUT2D eigenvalue weighted by Crippen LogP contribution is -2.66. The van der Waals surface area contributed by atoms with Crippen LogP contribution < -0.4 is 0 Å². The maximum atomic E-state index is 14.2. The molecule has 0 amide bonds. The molecule has 0 aromatic heterocycles. The van der Waals surface area contributed by atoms with Crippen LogP contribution in [0, 0.1) is 50.2 Å². The molecule has 0 heterocycles. The Morgan fingerprint density at radius 3 is 2.19 bits per heavy atom. The summed E-state index contributed by atoms with van der Waals surface area (Å²) in [7, 11) is 0. The Morgan fingerprint density at radius 1 is 0.844 bits per heavy atom. The fourth-order valence-corrected chi connectivity index (χ4v) is 10.3. The largest absolute Gasteiger partial charge is 0.393 e. The quantitative estimate of drug-likeness (QED) is 0.427. The third kappa shape index (κ3) is 2.71. The maximum absolute atomic E-state index is 14.2. The number of hydrogen-bond donors (Lipinski definition) is 1. The summed E-state index contributed by atoms with van der Waals surface area (Å²) in [5, 5.41) is 10.9. The van der Waals surface area contributed by atoms with E-state index in [9.17, 15) is 9.90 Å². The summed E-state index contributed by atoms with van der Waals surface area (Å²) < 4.78 is 0. The summed E-state index contributed by atoms with van der Waals surface area (Å²) in [5.74, 6) is 1.49. The molecular weight excluding hydrogens is 392 g/mol. The van der Waals surface area contributed by atoms with Crippen molar-refractivity contribution in [3.63, 3.8) is 0 Å². The Bertz CT molecular complexity index is 866. The number of carbonyl (C=O) groups is 1. The number of rotatable bonds is 0. The lowest BCUT2D eigenvalue weighted by atomic mass is 9.33. The first-order valence-corrected chi connectivity index (χ1v) is 13.5. The number of aliphatic hydroxyl groups excluding tert-OH is 1. The number of fused-ring (bicyclic) bond motifs is 7. The number of ketones is 1. The molecule has 1 unspecified atom stereocenters. The molecular formula is C30H48O2. The topological polar surface area (TPSA) is 37.3 Å². The van der Waals surface area contributed by atoms with E-state index in [1.165, 1.54) is 37.7 Å². The van der Waals surface area contributed by atoms with Crippen LogP contribution in [0.1, 0.15) is 113 Å². The van der Waals surface area contributed by atoms with Crippen LogP contribution in [0.3, 0.4) is 0 Å². The predicted octanol–water partition coefficient (Wildman–Crippen LogP) is 7.35. The van der Waals surface area contributed by atoms with Gasteiger partial charge in [-0.2, -0.15) is 0 Å². The predicted molar refractivity (Wildman–Crippen MR) is 131 cm³/mol. The Balaban J connectivity index is 1.63. The highest BCUT2D eigenvalue weighted by atomic mass is 16.3. The molecule has 0 bridgehead atoms. The molecule has 0 radical (unpaired) electrons. The Labute approximate surface area is 197 Å². The zero-order chi connectivity index (χ0) is 23.5. The molecule has 1 N–H and O–H groups in total. The first kappa shape index (κ1) is 23.1. The molecule has 0 spiro atoms. The number of hydrogen-bond acceptors (Lipinski definition) is 2. The van der Waals surface area contributed by atoms with Crippen LogP contribution in [-0.4, -0.2) is 17.0 Å². The standard InChI is InChI=1S/C30H48O2/c1-25(2)13-14-27(5)15-16-29(7)19(20(27)18-25)17-21(31)24-28(6)11-10-23(32)26(3,4)22(28)9-12-30(24,29)8/h17,20,22-24,32H,9-16,18H2,1-8H3/t20-,22-,23-,24+,27+,28-,29+,30?/m0/s1. The van der Waals surface area contributed by atoms with E-state index in [1.54, 1.807) is 0 Å².